The van der Waals surface area contributed by atoms with Crippen LogP contribution in [0.4, 0.5) is 13.2 Å². The summed E-state index contributed by atoms with van der Waals surface area (Å²) < 4.78 is 39.2. The molecule has 3 nitrogen and oxygen atoms in total. The molecule has 1 heterocycles. The summed E-state index contributed by atoms with van der Waals surface area (Å²) in [5.41, 5.74) is 2.35. The summed E-state index contributed by atoms with van der Waals surface area (Å²) in [6.07, 6.45) is -2.48. The predicted molar refractivity (Wildman–Crippen MR) is 74.6 cm³/mol. The fraction of sp³-hybridized carbons (Fsp3) is 0.400. The number of nitrogens with zero attached hydrogens (tertiary/aromatic N) is 2. The standard InChI is InChI=1S/C15H18F3N3/c1-10(14-9-20-21(3)11(14)2)19-8-12-4-6-13(7-5-12)15(16,17)18/h4-7,9-10,19H,8H2,1-3H3. The first-order chi connectivity index (χ1) is 9.79. The number of rotatable bonds is 4. The molecule has 0 aliphatic carbocycles. The Bertz CT molecular complexity index is 600. The quantitative estimate of drug-likeness (QED) is 0.934. The van der Waals surface area contributed by atoms with Crippen LogP contribution in [0.2, 0.25) is 0 Å². The Labute approximate surface area is 121 Å². The molecule has 0 saturated carbocycles. The van der Waals surface area contributed by atoms with E-state index in [1.54, 1.807) is 10.9 Å². The Hall–Kier alpha value is -1.82. The summed E-state index contributed by atoms with van der Waals surface area (Å²) in [7, 11) is 1.88. The normalized spacial score (nSPS) is 13.4. The van der Waals surface area contributed by atoms with Gasteiger partial charge in [-0.2, -0.15) is 18.3 Å². The largest absolute Gasteiger partial charge is 0.416 e. The Morgan fingerprint density at radius 3 is 2.33 bits per heavy atom. The minimum atomic E-state index is -4.29. The van der Waals surface area contributed by atoms with Gasteiger partial charge >= 0.3 is 6.18 Å². The Kier molecular flexibility index (Phi) is 4.37. The number of hydrogen-bond donors (Lipinski definition) is 1. The lowest BCUT2D eigenvalue weighted by molar-refractivity contribution is -0.137. The fourth-order valence-electron chi connectivity index (χ4n) is 2.13. The van der Waals surface area contributed by atoms with Crippen molar-refractivity contribution >= 4 is 0 Å². The third-order valence-electron chi connectivity index (χ3n) is 3.63. The molecule has 1 unspecified atom stereocenters. The molecule has 1 aromatic heterocycles. The highest BCUT2D eigenvalue weighted by molar-refractivity contribution is 5.25. The minimum absolute atomic E-state index is 0.0843. The van der Waals surface area contributed by atoms with Crippen LogP contribution in [-0.2, 0) is 19.8 Å². The number of benzene rings is 1. The summed E-state index contributed by atoms with van der Waals surface area (Å²) in [6.45, 7) is 4.50. The second-order valence-corrected chi connectivity index (χ2v) is 5.11. The van der Waals surface area contributed by atoms with E-state index in [9.17, 15) is 13.2 Å². The molecule has 2 rings (SSSR count). The summed E-state index contributed by atoms with van der Waals surface area (Å²) in [5.74, 6) is 0. The van der Waals surface area contributed by atoms with Gasteiger partial charge in [0.2, 0.25) is 0 Å². The molecule has 1 atom stereocenters. The van der Waals surface area contributed by atoms with Gasteiger partial charge in [0.1, 0.15) is 0 Å². The zero-order valence-corrected chi connectivity index (χ0v) is 12.2. The molecule has 1 aromatic carbocycles. The Morgan fingerprint density at radius 2 is 1.86 bits per heavy atom. The first-order valence-electron chi connectivity index (χ1n) is 6.67. The van der Waals surface area contributed by atoms with Crippen LogP contribution in [0.15, 0.2) is 30.5 Å². The number of hydrogen-bond acceptors (Lipinski definition) is 2. The molecular weight excluding hydrogens is 279 g/mol. The van der Waals surface area contributed by atoms with Crippen LogP contribution >= 0.6 is 0 Å². The highest BCUT2D eigenvalue weighted by atomic mass is 19.4. The smallest absolute Gasteiger partial charge is 0.306 e. The van der Waals surface area contributed by atoms with Crippen molar-refractivity contribution in [2.45, 2.75) is 32.6 Å². The van der Waals surface area contributed by atoms with Crippen LogP contribution in [0.25, 0.3) is 0 Å². The second kappa shape index (κ2) is 5.89. The highest BCUT2D eigenvalue weighted by Gasteiger charge is 2.29. The van der Waals surface area contributed by atoms with E-state index in [0.717, 1.165) is 29.0 Å². The molecule has 0 spiro atoms. The minimum Gasteiger partial charge on any atom is -0.306 e. The number of halogens is 3. The van der Waals surface area contributed by atoms with E-state index in [0.29, 0.717) is 6.54 Å². The first-order valence-corrected chi connectivity index (χ1v) is 6.67. The first kappa shape index (κ1) is 15.6. The van der Waals surface area contributed by atoms with Crippen molar-refractivity contribution in [2.75, 3.05) is 0 Å². The van der Waals surface area contributed by atoms with Gasteiger partial charge in [-0.25, -0.2) is 0 Å². The molecule has 0 radical (unpaired) electrons. The molecular formula is C15H18F3N3. The molecule has 0 amide bonds. The van der Waals surface area contributed by atoms with Crippen molar-refractivity contribution in [3.8, 4) is 0 Å². The van der Waals surface area contributed by atoms with Gasteiger partial charge in [-0.3, -0.25) is 4.68 Å². The third kappa shape index (κ3) is 3.64. The number of aromatic nitrogens is 2. The predicted octanol–water partition coefficient (Wildman–Crippen LogP) is 3.60. The van der Waals surface area contributed by atoms with Crippen molar-refractivity contribution in [1.29, 1.82) is 0 Å². The van der Waals surface area contributed by atoms with Gasteiger partial charge < -0.3 is 5.32 Å². The summed E-state index contributed by atoms with van der Waals surface area (Å²) in [4.78, 5) is 0. The molecule has 6 heteroatoms. The van der Waals surface area contributed by atoms with Crippen LogP contribution in [-0.4, -0.2) is 9.78 Å². The van der Waals surface area contributed by atoms with E-state index in [1.165, 1.54) is 12.1 Å². The SMILES string of the molecule is Cc1c(C(C)NCc2ccc(C(F)(F)F)cc2)cnn1C. The molecule has 2 aromatic rings. The lowest BCUT2D eigenvalue weighted by Gasteiger charge is -2.14. The average molecular weight is 297 g/mol. The number of alkyl halides is 3. The number of nitrogens with one attached hydrogen (secondary N) is 1. The molecule has 114 valence electrons. The van der Waals surface area contributed by atoms with Crippen LogP contribution in [0.3, 0.4) is 0 Å². The van der Waals surface area contributed by atoms with E-state index < -0.39 is 11.7 Å². The van der Waals surface area contributed by atoms with Crippen LogP contribution in [0.5, 0.6) is 0 Å². The third-order valence-corrected chi connectivity index (χ3v) is 3.63. The van der Waals surface area contributed by atoms with Gasteiger partial charge in [-0.1, -0.05) is 12.1 Å². The Morgan fingerprint density at radius 1 is 1.24 bits per heavy atom. The molecule has 0 aliphatic heterocycles. The van der Waals surface area contributed by atoms with Gasteiger partial charge in [0.05, 0.1) is 11.8 Å². The van der Waals surface area contributed by atoms with Crippen molar-refractivity contribution in [2.24, 2.45) is 7.05 Å². The number of aryl methyl sites for hydroxylation is 1. The molecule has 0 aliphatic rings. The van der Waals surface area contributed by atoms with E-state index in [-0.39, 0.29) is 6.04 Å². The topological polar surface area (TPSA) is 29.9 Å². The maximum atomic E-state index is 12.5. The van der Waals surface area contributed by atoms with Crippen molar-refractivity contribution in [3.63, 3.8) is 0 Å². The van der Waals surface area contributed by atoms with Crippen LogP contribution < -0.4 is 5.32 Å². The highest BCUT2D eigenvalue weighted by Crippen LogP contribution is 2.29. The van der Waals surface area contributed by atoms with Gasteiger partial charge in [-0.15, -0.1) is 0 Å². The molecule has 21 heavy (non-hydrogen) atoms. The summed E-state index contributed by atoms with van der Waals surface area (Å²) in [5, 5.41) is 7.48. The summed E-state index contributed by atoms with van der Waals surface area (Å²) >= 11 is 0. The van der Waals surface area contributed by atoms with Crippen molar-refractivity contribution in [3.05, 3.63) is 52.8 Å². The van der Waals surface area contributed by atoms with Crippen LogP contribution in [0.1, 0.15) is 35.3 Å². The van der Waals surface area contributed by atoms with E-state index in [4.69, 9.17) is 0 Å². The Balaban J connectivity index is 1.98. The molecule has 1 N–H and O–H groups in total. The van der Waals surface area contributed by atoms with Gasteiger partial charge in [0, 0.05) is 30.9 Å². The fourth-order valence-corrected chi connectivity index (χ4v) is 2.13. The molecule has 0 bridgehead atoms. The lowest BCUT2D eigenvalue weighted by atomic mass is 10.1. The zero-order valence-electron chi connectivity index (χ0n) is 12.2. The van der Waals surface area contributed by atoms with E-state index >= 15 is 0 Å². The van der Waals surface area contributed by atoms with E-state index in [1.807, 2.05) is 20.9 Å². The van der Waals surface area contributed by atoms with E-state index in [2.05, 4.69) is 10.4 Å². The lowest BCUT2D eigenvalue weighted by Crippen LogP contribution is -2.18. The molecule has 0 fully saturated rings. The maximum Gasteiger partial charge on any atom is 0.416 e. The van der Waals surface area contributed by atoms with Gasteiger partial charge in [0.25, 0.3) is 0 Å². The average Bonchev–Trinajstić information content (AvgIpc) is 2.76. The van der Waals surface area contributed by atoms with Crippen LogP contribution in [0, 0.1) is 6.92 Å². The van der Waals surface area contributed by atoms with Gasteiger partial charge in [0.15, 0.2) is 0 Å². The summed E-state index contributed by atoms with van der Waals surface area (Å²) in [6, 6.07) is 5.30. The zero-order chi connectivity index (χ0) is 15.6. The van der Waals surface area contributed by atoms with Crippen molar-refractivity contribution in [1.82, 2.24) is 15.1 Å². The molecule has 0 saturated heterocycles. The van der Waals surface area contributed by atoms with Crippen molar-refractivity contribution < 1.29 is 13.2 Å². The van der Waals surface area contributed by atoms with Gasteiger partial charge in [-0.05, 0) is 31.5 Å². The monoisotopic (exact) mass is 297 g/mol. The second-order valence-electron chi connectivity index (χ2n) is 5.11. The maximum absolute atomic E-state index is 12.5.